The maximum absolute atomic E-state index is 12.9. The van der Waals surface area contributed by atoms with Crippen LogP contribution in [0.3, 0.4) is 0 Å². The predicted molar refractivity (Wildman–Crippen MR) is 118 cm³/mol. The lowest BCUT2D eigenvalue weighted by Crippen LogP contribution is -2.54. The lowest BCUT2D eigenvalue weighted by molar-refractivity contribution is -0.138. The molecule has 2 aromatic rings. The van der Waals surface area contributed by atoms with Crippen molar-refractivity contribution in [3.05, 3.63) is 66.2 Å². The van der Waals surface area contributed by atoms with E-state index < -0.39 is 16.0 Å². The standard InChI is InChI=1S/C23H29N3O4S/c27-23(28)15-20-17-24(16-19-7-3-1-4-8-19)18-22(20)25-11-13-26(14-12-25)31(29,30)21-9-5-2-6-10-21/h1-10,20,22H,11-18H2,(H,27,28)/t20-,22+/m1/s1. The Bertz CT molecular complexity index is 976. The summed E-state index contributed by atoms with van der Waals surface area (Å²) in [6.45, 7) is 4.43. The molecule has 2 aliphatic heterocycles. The van der Waals surface area contributed by atoms with Crippen molar-refractivity contribution in [2.45, 2.75) is 23.9 Å². The minimum absolute atomic E-state index is 0.0403. The fourth-order valence-electron chi connectivity index (χ4n) is 4.77. The van der Waals surface area contributed by atoms with Crippen molar-refractivity contribution in [1.82, 2.24) is 14.1 Å². The van der Waals surface area contributed by atoms with Gasteiger partial charge in [-0.05, 0) is 23.6 Å². The second kappa shape index (κ2) is 9.48. The molecule has 0 saturated carbocycles. The van der Waals surface area contributed by atoms with E-state index in [1.54, 1.807) is 34.6 Å². The molecule has 166 valence electrons. The highest BCUT2D eigenvalue weighted by Crippen LogP contribution is 2.28. The number of carboxylic acid groups (broad SMARTS) is 1. The Morgan fingerprint density at radius 1 is 0.903 bits per heavy atom. The van der Waals surface area contributed by atoms with Crippen molar-refractivity contribution in [3.63, 3.8) is 0 Å². The largest absolute Gasteiger partial charge is 0.481 e. The van der Waals surface area contributed by atoms with Gasteiger partial charge < -0.3 is 5.11 Å². The van der Waals surface area contributed by atoms with Gasteiger partial charge in [-0.1, -0.05) is 48.5 Å². The molecule has 2 heterocycles. The van der Waals surface area contributed by atoms with Crippen LogP contribution >= 0.6 is 0 Å². The molecule has 0 bridgehead atoms. The van der Waals surface area contributed by atoms with Gasteiger partial charge in [-0.25, -0.2) is 8.42 Å². The number of benzene rings is 2. The molecule has 0 radical (unpaired) electrons. The van der Waals surface area contributed by atoms with E-state index in [-0.39, 0.29) is 18.4 Å². The van der Waals surface area contributed by atoms with Crippen LogP contribution in [0.15, 0.2) is 65.6 Å². The van der Waals surface area contributed by atoms with Gasteiger partial charge in [0.05, 0.1) is 11.3 Å². The third-order valence-electron chi connectivity index (χ3n) is 6.29. The highest BCUT2D eigenvalue weighted by molar-refractivity contribution is 7.89. The first-order chi connectivity index (χ1) is 14.9. The predicted octanol–water partition coefficient (Wildman–Crippen LogP) is 1.97. The highest BCUT2D eigenvalue weighted by atomic mass is 32.2. The van der Waals surface area contributed by atoms with Gasteiger partial charge in [-0.3, -0.25) is 14.6 Å². The Kier molecular flexibility index (Phi) is 6.71. The lowest BCUT2D eigenvalue weighted by atomic mass is 9.98. The summed E-state index contributed by atoms with van der Waals surface area (Å²) in [6.07, 6.45) is 0.137. The monoisotopic (exact) mass is 443 g/mol. The average Bonchev–Trinajstić information content (AvgIpc) is 3.16. The SMILES string of the molecule is O=C(O)C[C@@H]1CN(Cc2ccccc2)C[C@@H]1N1CCN(S(=O)(=O)c2ccccc2)CC1. The molecule has 0 amide bonds. The summed E-state index contributed by atoms with van der Waals surface area (Å²) in [5.41, 5.74) is 1.22. The van der Waals surface area contributed by atoms with Gasteiger partial charge in [-0.2, -0.15) is 4.31 Å². The first kappa shape index (κ1) is 22.0. The Balaban J connectivity index is 1.41. The minimum Gasteiger partial charge on any atom is -0.481 e. The fraction of sp³-hybridized carbons (Fsp3) is 0.435. The van der Waals surface area contributed by atoms with Crippen LogP contribution in [0.4, 0.5) is 0 Å². The topological polar surface area (TPSA) is 81.2 Å². The van der Waals surface area contributed by atoms with E-state index in [4.69, 9.17) is 0 Å². The zero-order valence-corrected chi connectivity index (χ0v) is 18.3. The Hall–Kier alpha value is -2.26. The second-order valence-corrected chi connectivity index (χ2v) is 10.3. The van der Waals surface area contributed by atoms with E-state index in [9.17, 15) is 18.3 Å². The summed E-state index contributed by atoms with van der Waals surface area (Å²) < 4.78 is 27.3. The first-order valence-corrected chi connectivity index (χ1v) is 12.1. The van der Waals surface area contributed by atoms with Crippen LogP contribution in [0, 0.1) is 5.92 Å². The molecule has 2 saturated heterocycles. The number of carbonyl (C=O) groups is 1. The molecule has 31 heavy (non-hydrogen) atoms. The molecule has 2 atom stereocenters. The molecule has 7 nitrogen and oxygen atoms in total. The van der Waals surface area contributed by atoms with E-state index >= 15 is 0 Å². The molecule has 0 unspecified atom stereocenters. The summed E-state index contributed by atoms with van der Waals surface area (Å²) in [7, 11) is -3.49. The van der Waals surface area contributed by atoms with Crippen LogP contribution in [0.2, 0.25) is 0 Å². The molecule has 2 aromatic carbocycles. The van der Waals surface area contributed by atoms with Crippen LogP contribution in [-0.4, -0.2) is 78.9 Å². The molecule has 2 fully saturated rings. The molecule has 4 rings (SSSR count). The number of sulfonamides is 1. The quantitative estimate of drug-likeness (QED) is 0.705. The lowest BCUT2D eigenvalue weighted by Gasteiger charge is -2.39. The third kappa shape index (κ3) is 5.15. The van der Waals surface area contributed by atoms with Crippen molar-refractivity contribution in [2.75, 3.05) is 39.3 Å². The van der Waals surface area contributed by atoms with E-state index in [2.05, 4.69) is 21.9 Å². The zero-order valence-electron chi connectivity index (χ0n) is 17.5. The molecule has 8 heteroatoms. The Morgan fingerprint density at radius 2 is 1.52 bits per heavy atom. The van der Waals surface area contributed by atoms with Gasteiger partial charge in [0.2, 0.25) is 10.0 Å². The van der Waals surface area contributed by atoms with Crippen LogP contribution in [0.1, 0.15) is 12.0 Å². The number of rotatable bonds is 7. The number of likely N-dealkylation sites (tertiary alicyclic amines) is 1. The van der Waals surface area contributed by atoms with Crippen molar-refractivity contribution < 1.29 is 18.3 Å². The van der Waals surface area contributed by atoms with Gasteiger partial charge in [0.15, 0.2) is 0 Å². The summed E-state index contributed by atoms with van der Waals surface area (Å²) in [6, 6.07) is 18.9. The van der Waals surface area contributed by atoms with Gasteiger partial charge in [0.25, 0.3) is 0 Å². The highest BCUT2D eigenvalue weighted by Gasteiger charge is 2.40. The number of hydrogen-bond acceptors (Lipinski definition) is 5. The average molecular weight is 444 g/mol. The maximum Gasteiger partial charge on any atom is 0.303 e. The normalized spacial score (nSPS) is 23.7. The molecule has 0 aliphatic carbocycles. The fourth-order valence-corrected chi connectivity index (χ4v) is 6.21. The van der Waals surface area contributed by atoms with Crippen molar-refractivity contribution in [3.8, 4) is 0 Å². The van der Waals surface area contributed by atoms with Crippen LogP contribution in [-0.2, 0) is 21.4 Å². The summed E-state index contributed by atoms with van der Waals surface area (Å²) in [5.74, 6) is -0.736. The van der Waals surface area contributed by atoms with Crippen molar-refractivity contribution >= 4 is 16.0 Å². The number of piperazine rings is 1. The minimum atomic E-state index is -3.49. The van der Waals surface area contributed by atoms with Crippen molar-refractivity contribution in [1.29, 1.82) is 0 Å². The van der Waals surface area contributed by atoms with Crippen LogP contribution in [0.5, 0.6) is 0 Å². The van der Waals surface area contributed by atoms with Gasteiger partial charge in [-0.15, -0.1) is 0 Å². The molecule has 1 N–H and O–H groups in total. The van der Waals surface area contributed by atoms with Gasteiger partial charge in [0.1, 0.15) is 0 Å². The molecule has 0 aromatic heterocycles. The number of carboxylic acids is 1. The molecular weight excluding hydrogens is 414 g/mol. The third-order valence-corrected chi connectivity index (χ3v) is 8.20. The van der Waals surface area contributed by atoms with E-state index in [1.807, 2.05) is 18.2 Å². The molecule has 0 spiro atoms. The Morgan fingerprint density at radius 3 is 2.13 bits per heavy atom. The maximum atomic E-state index is 12.9. The molecular formula is C23H29N3O4S. The van der Waals surface area contributed by atoms with Crippen molar-refractivity contribution in [2.24, 2.45) is 5.92 Å². The second-order valence-electron chi connectivity index (χ2n) is 8.36. The number of nitrogens with zero attached hydrogens (tertiary/aromatic N) is 3. The van der Waals surface area contributed by atoms with Crippen LogP contribution < -0.4 is 0 Å². The van der Waals surface area contributed by atoms with Crippen LogP contribution in [0.25, 0.3) is 0 Å². The van der Waals surface area contributed by atoms with E-state index in [0.717, 1.165) is 19.6 Å². The van der Waals surface area contributed by atoms with Gasteiger partial charge >= 0.3 is 5.97 Å². The first-order valence-electron chi connectivity index (χ1n) is 10.7. The summed E-state index contributed by atoms with van der Waals surface area (Å²) >= 11 is 0. The summed E-state index contributed by atoms with van der Waals surface area (Å²) in [4.78, 5) is 16.4. The smallest absolute Gasteiger partial charge is 0.303 e. The molecule has 2 aliphatic rings. The Labute approximate surface area is 183 Å². The number of aliphatic carboxylic acids is 1. The summed E-state index contributed by atoms with van der Waals surface area (Å²) in [5, 5.41) is 9.42. The van der Waals surface area contributed by atoms with E-state index in [0.29, 0.717) is 31.1 Å². The van der Waals surface area contributed by atoms with E-state index in [1.165, 1.54) is 5.56 Å². The van der Waals surface area contributed by atoms with Gasteiger partial charge in [0, 0.05) is 51.9 Å². The zero-order chi connectivity index (χ0) is 21.8. The number of hydrogen-bond donors (Lipinski definition) is 1.